The molecule has 0 fully saturated rings. The second-order valence-corrected chi connectivity index (χ2v) is 6.68. The van der Waals surface area contributed by atoms with Gasteiger partial charge in [0.15, 0.2) is 0 Å². The van der Waals surface area contributed by atoms with Crippen molar-refractivity contribution < 1.29 is 9.59 Å². The average molecular weight is 393 g/mol. The molecule has 2 rings (SSSR count). The van der Waals surface area contributed by atoms with Crippen LogP contribution in [-0.4, -0.2) is 36.6 Å². The topological polar surface area (TPSA) is 49.4 Å². The quantitative estimate of drug-likeness (QED) is 0.785. The van der Waals surface area contributed by atoms with Crippen molar-refractivity contribution in [2.24, 2.45) is 0 Å². The van der Waals surface area contributed by atoms with Crippen LogP contribution < -0.4 is 5.32 Å². The van der Waals surface area contributed by atoms with E-state index in [1.807, 2.05) is 30.5 Å². The summed E-state index contributed by atoms with van der Waals surface area (Å²) in [5.41, 5.74) is 1.31. The van der Waals surface area contributed by atoms with Crippen molar-refractivity contribution in [3.05, 3.63) is 58.6 Å². The molecule has 0 radical (unpaired) electrons. The van der Waals surface area contributed by atoms with Gasteiger partial charge in [-0.05, 0) is 42.7 Å². The van der Waals surface area contributed by atoms with Gasteiger partial charge in [-0.3, -0.25) is 9.59 Å². The second-order valence-electron chi connectivity index (χ2n) is 4.92. The Morgan fingerprint density at radius 1 is 1.13 bits per heavy atom. The SMILES string of the molecule is CSc1ccccc1NC(=O)CN(C)C(=O)c1ccc(Br)cc1. The van der Waals surface area contributed by atoms with Crippen LogP contribution in [0.15, 0.2) is 57.9 Å². The largest absolute Gasteiger partial charge is 0.332 e. The number of rotatable bonds is 5. The number of para-hydroxylation sites is 1. The van der Waals surface area contributed by atoms with E-state index in [1.54, 1.807) is 43.1 Å². The van der Waals surface area contributed by atoms with E-state index in [1.165, 1.54) is 4.90 Å². The fraction of sp³-hybridized carbons (Fsp3) is 0.176. The van der Waals surface area contributed by atoms with Gasteiger partial charge in [0.25, 0.3) is 5.91 Å². The first-order valence-electron chi connectivity index (χ1n) is 6.95. The second kappa shape index (κ2) is 8.17. The zero-order chi connectivity index (χ0) is 16.8. The summed E-state index contributed by atoms with van der Waals surface area (Å²) in [6, 6.07) is 14.6. The standard InChI is InChI=1S/C17H17BrN2O2S/c1-20(17(22)12-7-9-13(18)10-8-12)11-16(21)19-14-5-3-4-6-15(14)23-2/h3-10H,11H2,1-2H3,(H,19,21). The molecule has 23 heavy (non-hydrogen) atoms. The Balaban J connectivity index is 1.99. The fourth-order valence-corrected chi connectivity index (χ4v) is 2.86. The van der Waals surface area contributed by atoms with Crippen molar-refractivity contribution in [3.8, 4) is 0 Å². The molecule has 0 aliphatic rings. The van der Waals surface area contributed by atoms with E-state index in [0.29, 0.717) is 5.56 Å². The summed E-state index contributed by atoms with van der Waals surface area (Å²) >= 11 is 4.89. The van der Waals surface area contributed by atoms with Gasteiger partial charge >= 0.3 is 0 Å². The zero-order valence-corrected chi connectivity index (χ0v) is 15.3. The Hall–Kier alpha value is -1.79. The summed E-state index contributed by atoms with van der Waals surface area (Å²) < 4.78 is 0.906. The van der Waals surface area contributed by atoms with Crippen molar-refractivity contribution in [2.45, 2.75) is 4.90 Å². The Labute approximate surface area is 148 Å². The molecule has 0 heterocycles. The van der Waals surface area contributed by atoms with Crippen molar-refractivity contribution in [1.29, 1.82) is 0 Å². The maximum absolute atomic E-state index is 12.3. The molecular formula is C17H17BrN2O2S. The van der Waals surface area contributed by atoms with Crippen LogP contribution >= 0.6 is 27.7 Å². The van der Waals surface area contributed by atoms with Gasteiger partial charge in [-0.25, -0.2) is 0 Å². The van der Waals surface area contributed by atoms with Crippen LogP contribution in [0, 0.1) is 0 Å². The maximum Gasteiger partial charge on any atom is 0.254 e. The van der Waals surface area contributed by atoms with Gasteiger partial charge in [0.05, 0.1) is 12.2 Å². The summed E-state index contributed by atoms with van der Waals surface area (Å²) in [5.74, 6) is -0.412. The molecule has 0 bridgehead atoms. The van der Waals surface area contributed by atoms with E-state index >= 15 is 0 Å². The molecule has 2 aromatic rings. The molecule has 1 N–H and O–H groups in total. The number of hydrogen-bond donors (Lipinski definition) is 1. The third-order valence-corrected chi connectivity index (χ3v) is 4.52. The predicted octanol–water partition coefficient (Wildman–Crippen LogP) is 3.88. The lowest BCUT2D eigenvalue weighted by molar-refractivity contribution is -0.116. The number of benzene rings is 2. The van der Waals surface area contributed by atoms with Gasteiger partial charge in [0.2, 0.25) is 5.91 Å². The highest BCUT2D eigenvalue weighted by atomic mass is 79.9. The number of nitrogens with one attached hydrogen (secondary N) is 1. The van der Waals surface area contributed by atoms with Crippen LogP contribution in [0.3, 0.4) is 0 Å². The Morgan fingerprint density at radius 2 is 1.78 bits per heavy atom. The van der Waals surface area contributed by atoms with E-state index < -0.39 is 0 Å². The third kappa shape index (κ3) is 4.84. The van der Waals surface area contributed by atoms with E-state index in [-0.39, 0.29) is 18.4 Å². The number of halogens is 1. The number of thioether (sulfide) groups is 1. The highest BCUT2D eigenvalue weighted by molar-refractivity contribution is 9.10. The monoisotopic (exact) mass is 392 g/mol. The third-order valence-electron chi connectivity index (χ3n) is 3.20. The Bertz CT molecular complexity index is 704. The summed E-state index contributed by atoms with van der Waals surface area (Å²) in [7, 11) is 1.62. The molecular weight excluding hydrogens is 376 g/mol. The smallest absolute Gasteiger partial charge is 0.254 e. The molecule has 0 saturated carbocycles. The lowest BCUT2D eigenvalue weighted by Gasteiger charge is -2.17. The minimum Gasteiger partial charge on any atom is -0.332 e. The summed E-state index contributed by atoms with van der Waals surface area (Å²) in [6.07, 6.45) is 1.95. The van der Waals surface area contributed by atoms with Crippen molar-refractivity contribution in [2.75, 3.05) is 25.2 Å². The number of nitrogens with zero attached hydrogens (tertiary/aromatic N) is 1. The number of amides is 2. The molecule has 2 aromatic carbocycles. The molecule has 0 aromatic heterocycles. The number of anilines is 1. The number of carbonyl (C=O) groups is 2. The lowest BCUT2D eigenvalue weighted by Crippen LogP contribution is -2.35. The molecule has 0 aliphatic heterocycles. The molecule has 2 amide bonds. The van der Waals surface area contributed by atoms with E-state index in [2.05, 4.69) is 21.2 Å². The molecule has 120 valence electrons. The Kier molecular flexibility index (Phi) is 6.24. The molecule has 6 heteroatoms. The molecule has 0 saturated heterocycles. The molecule has 0 aliphatic carbocycles. The zero-order valence-electron chi connectivity index (χ0n) is 12.9. The van der Waals surface area contributed by atoms with Crippen LogP contribution in [0.25, 0.3) is 0 Å². The van der Waals surface area contributed by atoms with Gasteiger partial charge in [-0.1, -0.05) is 28.1 Å². The van der Waals surface area contributed by atoms with Crippen molar-refractivity contribution in [3.63, 3.8) is 0 Å². The molecule has 0 atom stereocenters. The van der Waals surface area contributed by atoms with Gasteiger partial charge < -0.3 is 10.2 Å². The normalized spacial score (nSPS) is 10.2. The van der Waals surface area contributed by atoms with E-state index in [4.69, 9.17) is 0 Å². The van der Waals surface area contributed by atoms with Crippen LogP contribution in [0.4, 0.5) is 5.69 Å². The summed E-state index contributed by atoms with van der Waals surface area (Å²) in [4.78, 5) is 26.8. The first kappa shape index (κ1) is 17.6. The first-order chi connectivity index (χ1) is 11.0. The van der Waals surface area contributed by atoms with Crippen LogP contribution in [-0.2, 0) is 4.79 Å². The molecule has 4 nitrogen and oxygen atoms in total. The lowest BCUT2D eigenvalue weighted by atomic mass is 10.2. The highest BCUT2D eigenvalue weighted by Gasteiger charge is 2.15. The molecule has 0 spiro atoms. The number of hydrogen-bond acceptors (Lipinski definition) is 3. The van der Waals surface area contributed by atoms with Gasteiger partial charge in [0, 0.05) is 22.0 Å². The van der Waals surface area contributed by atoms with Crippen LogP contribution in [0.5, 0.6) is 0 Å². The maximum atomic E-state index is 12.3. The summed E-state index contributed by atoms with van der Waals surface area (Å²) in [5, 5.41) is 2.85. The van der Waals surface area contributed by atoms with E-state index in [0.717, 1.165) is 15.1 Å². The van der Waals surface area contributed by atoms with Crippen molar-refractivity contribution >= 4 is 45.2 Å². The van der Waals surface area contributed by atoms with Gasteiger partial charge in [0.1, 0.15) is 0 Å². The fourth-order valence-electron chi connectivity index (χ4n) is 2.04. The summed E-state index contributed by atoms with van der Waals surface area (Å²) in [6.45, 7) is -0.00237. The van der Waals surface area contributed by atoms with Gasteiger partial charge in [-0.15, -0.1) is 11.8 Å². The minimum absolute atomic E-state index is 0.00237. The highest BCUT2D eigenvalue weighted by Crippen LogP contribution is 2.24. The van der Waals surface area contributed by atoms with Crippen LogP contribution in [0.2, 0.25) is 0 Å². The minimum atomic E-state index is -0.223. The van der Waals surface area contributed by atoms with Crippen molar-refractivity contribution in [1.82, 2.24) is 4.90 Å². The number of likely N-dealkylation sites (N-methyl/N-ethyl adjacent to an activating group) is 1. The Morgan fingerprint density at radius 3 is 2.43 bits per heavy atom. The first-order valence-corrected chi connectivity index (χ1v) is 8.97. The van der Waals surface area contributed by atoms with Crippen LogP contribution in [0.1, 0.15) is 10.4 Å². The number of carbonyl (C=O) groups excluding carboxylic acids is 2. The van der Waals surface area contributed by atoms with E-state index in [9.17, 15) is 9.59 Å². The van der Waals surface area contributed by atoms with Gasteiger partial charge in [-0.2, -0.15) is 0 Å². The average Bonchev–Trinajstić information content (AvgIpc) is 2.55. The predicted molar refractivity (Wildman–Crippen MR) is 98.0 cm³/mol. The molecule has 0 unspecified atom stereocenters.